The van der Waals surface area contributed by atoms with Crippen LogP contribution in [0.4, 0.5) is 9.59 Å². The van der Waals surface area contributed by atoms with Crippen molar-refractivity contribution in [1.29, 1.82) is 0 Å². The highest BCUT2D eigenvalue weighted by Gasteiger charge is 2.40. The minimum absolute atomic E-state index is 0.0807. The molecule has 2 N–H and O–H groups in total. The normalized spacial score (nSPS) is 17.4. The Hall–Kier alpha value is -2.79. The van der Waals surface area contributed by atoms with Crippen LogP contribution in [0.2, 0.25) is 0 Å². The van der Waals surface area contributed by atoms with Gasteiger partial charge < -0.3 is 19.3 Å². The number of amides is 4. The van der Waals surface area contributed by atoms with Gasteiger partial charge in [0.2, 0.25) is 10.0 Å². The summed E-state index contributed by atoms with van der Waals surface area (Å²) in [7, 11) is -3.75. The van der Waals surface area contributed by atoms with Gasteiger partial charge in [0, 0.05) is 5.56 Å². The maximum atomic E-state index is 12.3. The number of furan rings is 2. The van der Waals surface area contributed by atoms with Crippen molar-refractivity contribution < 1.29 is 31.9 Å². The summed E-state index contributed by atoms with van der Waals surface area (Å²) in [5.74, 6) is 0.171. The smallest absolute Gasteiger partial charge is 0.341 e. The number of hydrogen-bond acceptors (Lipinski definition) is 7. The lowest BCUT2D eigenvalue weighted by Crippen LogP contribution is -2.48. The lowest BCUT2D eigenvalue weighted by Gasteiger charge is -2.26. The Morgan fingerprint density at radius 3 is 2.65 bits per heavy atom. The summed E-state index contributed by atoms with van der Waals surface area (Å²) >= 11 is 0. The lowest BCUT2D eigenvalue weighted by molar-refractivity contribution is 0.0571. The SMILES string of the molecule is CS(=O)(=O)N1CCN(C(=O)NC[C@@](O)(c2ccoc2)c2ccco2)C1=O. The predicted molar refractivity (Wildman–Crippen MR) is 87.5 cm³/mol. The molecule has 26 heavy (non-hydrogen) atoms. The topological polar surface area (TPSA) is 133 Å². The molecule has 0 spiro atoms. The maximum absolute atomic E-state index is 12.3. The molecule has 11 heteroatoms. The van der Waals surface area contributed by atoms with E-state index in [2.05, 4.69) is 5.32 Å². The summed E-state index contributed by atoms with van der Waals surface area (Å²) in [6.45, 7) is -0.514. The van der Waals surface area contributed by atoms with Crippen LogP contribution in [0, 0.1) is 0 Å². The van der Waals surface area contributed by atoms with Crippen LogP contribution in [0.15, 0.2) is 45.8 Å². The molecule has 1 fully saturated rings. The van der Waals surface area contributed by atoms with Crippen LogP contribution in [-0.4, -0.2) is 60.7 Å². The molecule has 2 aromatic rings. The van der Waals surface area contributed by atoms with Crippen molar-refractivity contribution in [2.24, 2.45) is 0 Å². The molecule has 0 aromatic carbocycles. The number of sulfonamides is 1. The molecule has 1 aliphatic rings. The van der Waals surface area contributed by atoms with E-state index in [1.165, 1.54) is 30.9 Å². The van der Waals surface area contributed by atoms with Gasteiger partial charge in [0.15, 0.2) is 5.60 Å². The molecule has 10 nitrogen and oxygen atoms in total. The first-order valence-corrected chi connectivity index (χ1v) is 9.44. The summed E-state index contributed by atoms with van der Waals surface area (Å²) < 4.78 is 33.9. The summed E-state index contributed by atoms with van der Waals surface area (Å²) in [4.78, 5) is 25.2. The Kier molecular flexibility index (Phi) is 4.50. The number of nitrogens with one attached hydrogen (secondary N) is 1. The Balaban J connectivity index is 1.75. The van der Waals surface area contributed by atoms with E-state index in [1.54, 1.807) is 6.07 Å². The van der Waals surface area contributed by atoms with E-state index >= 15 is 0 Å². The first kappa shape index (κ1) is 18.0. The highest BCUT2D eigenvalue weighted by atomic mass is 32.2. The Morgan fingerprint density at radius 2 is 2.12 bits per heavy atom. The third kappa shape index (κ3) is 3.18. The fourth-order valence-corrected chi connectivity index (χ4v) is 3.45. The highest BCUT2D eigenvalue weighted by molar-refractivity contribution is 7.88. The molecule has 140 valence electrons. The van der Waals surface area contributed by atoms with Gasteiger partial charge in [0.05, 0.1) is 44.7 Å². The van der Waals surface area contributed by atoms with Gasteiger partial charge in [-0.15, -0.1) is 0 Å². The van der Waals surface area contributed by atoms with Crippen molar-refractivity contribution in [3.8, 4) is 0 Å². The molecule has 3 heterocycles. The van der Waals surface area contributed by atoms with Crippen molar-refractivity contribution in [2.45, 2.75) is 5.60 Å². The van der Waals surface area contributed by atoms with Gasteiger partial charge in [-0.2, -0.15) is 0 Å². The van der Waals surface area contributed by atoms with Gasteiger partial charge in [-0.1, -0.05) is 0 Å². The van der Waals surface area contributed by atoms with Crippen LogP contribution in [-0.2, 0) is 15.6 Å². The van der Waals surface area contributed by atoms with E-state index in [4.69, 9.17) is 8.83 Å². The van der Waals surface area contributed by atoms with Crippen LogP contribution < -0.4 is 5.32 Å². The zero-order chi connectivity index (χ0) is 18.9. The summed E-state index contributed by atoms with van der Waals surface area (Å²) in [5, 5.41) is 13.4. The first-order chi connectivity index (χ1) is 12.2. The van der Waals surface area contributed by atoms with Gasteiger partial charge in [-0.3, -0.25) is 0 Å². The van der Waals surface area contributed by atoms with Crippen molar-refractivity contribution in [3.05, 3.63) is 48.3 Å². The van der Waals surface area contributed by atoms with Crippen LogP contribution in [0.25, 0.3) is 0 Å². The van der Waals surface area contributed by atoms with Crippen LogP contribution >= 0.6 is 0 Å². The van der Waals surface area contributed by atoms with Crippen molar-refractivity contribution in [1.82, 2.24) is 14.5 Å². The Bertz CT molecular complexity index is 856. The zero-order valence-electron chi connectivity index (χ0n) is 13.8. The fourth-order valence-electron chi connectivity index (χ4n) is 2.66. The molecule has 1 aliphatic heterocycles. The molecule has 1 saturated heterocycles. The molecule has 0 radical (unpaired) electrons. The summed E-state index contributed by atoms with van der Waals surface area (Å²) in [6, 6.07) is 2.87. The van der Waals surface area contributed by atoms with Crippen molar-refractivity contribution in [2.75, 3.05) is 25.9 Å². The number of hydrogen-bond donors (Lipinski definition) is 2. The van der Waals surface area contributed by atoms with Crippen molar-refractivity contribution in [3.63, 3.8) is 0 Å². The second-order valence-electron chi connectivity index (χ2n) is 5.78. The average molecular weight is 383 g/mol. The van der Waals surface area contributed by atoms with E-state index in [0.29, 0.717) is 9.87 Å². The fraction of sp³-hybridized carbons (Fsp3) is 0.333. The van der Waals surface area contributed by atoms with E-state index < -0.39 is 27.7 Å². The maximum Gasteiger partial charge on any atom is 0.341 e. The summed E-state index contributed by atoms with van der Waals surface area (Å²) in [6.07, 6.45) is 4.93. The minimum atomic E-state index is -3.75. The van der Waals surface area contributed by atoms with Gasteiger partial charge in [-0.25, -0.2) is 27.2 Å². The number of rotatable bonds is 5. The number of urea groups is 2. The number of nitrogens with zero attached hydrogens (tertiary/aromatic N) is 2. The largest absolute Gasteiger partial charge is 0.472 e. The average Bonchev–Trinajstić information content (AvgIpc) is 3.31. The number of imide groups is 1. The van der Waals surface area contributed by atoms with Gasteiger partial charge in [0.1, 0.15) is 5.76 Å². The van der Waals surface area contributed by atoms with E-state index in [9.17, 15) is 23.1 Å². The predicted octanol–water partition coefficient (Wildman–Crippen LogP) is 0.515. The third-order valence-corrected chi connectivity index (χ3v) is 5.18. The molecule has 2 aromatic heterocycles. The number of aliphatic hydroxyl groups is 1. The molecule has 0 unspecified atom stereocenters. The number of carbonyl (C=O) groups is 2. The van der Waals surface area contributed by atoms with Crippen LogP contribution in [0.3, 0.4) is 0 Å². The van der Waals surface area contributed by atoms with E-state index in [1.807, 2.05) is 0 Å². The molecule has 1 atom stereocenters. The molecule has 3 rings (SSSR count). The molecule has 0 bridgehead atoms. The van der Waals surface area contributed by atoms with Gasteiger partial charge in [0.25, 0.3) is 0 Å². The zero-order valence-corrected chi connectivity index (χ0v) is 14.6. The quantitative estimate of drug-likeness (QED) is 0.769. The third-order valence-electron chi connectivity index (χ3n) is 4.04. The first-order valence-electron chi connectivity index (χ1n) is 7.59. The second-order valence-corrected chi connectivity index (χ2v) is 7.68. The molecule has 0 saturated carbocycles. The Labute approximate surface area is 149 Å². The van der Waals surface area contributed by atoms with Crippen molar-refractivity contribution >= 4 is 22.1 Å². The lowest BCUT2D eigenvalue weighted by atomic mass is 9.93. The minimum Gasteiger partial charge on any atom is -0.472 e. The molecular weight excluding hydrogens is 366 g/mol. The molecular formula is C15H17N3O7S. The van der Waals surface area contributed by atoms with Crippen LogP contribution in [0.5, 0.6) is 0 Å². The van der Waals surface area contributed by atoms with E-state index in [0.717, 1.165) is 11.2 Å². The number of carbonyl (C=O) groups excluding carboxylic acids is 2. The van der Waals surface area contributed by atoms with Gasteiger partial charge in [-0.05, 0) is 18.2 Å². The Morgan fingerprint density at radius 1 is 1.35 bits per heavy atom. The van der Waals surface area contributed by atoms with Gasteiger partial charge >= 0.3 is 12.1 Å². The second kappa shape index (κ2) is 6.50. The monoisotopic (exact) mass is 383 g/mol. The molecule has 0 aliphatic carbocycles. The standard InChI is InChI=1S/C15H17N3O7S/c1-26(22,23)18-6-5-17(14(18)20)13(19)16-10-15(21,11-4-8-24-9-11)12-3-2-7-25-12/h2-4,7-9,21H,5-6,10H2,1H3,(H,16,19)/t15-/m1/s1. The molecule has 4 amide bonds. The summed E-state index contributed by atoms with van der Waals surface area (Å²) in [5.41, 5.74) is -1.37. The highest BCUT2D eigenvalue weighted by Crippen LogP contribution is 2.30. The van der Waals surface area contributed by atoms with Crippen LogP contribution in [0.1, 0.15) is 11.3 Å². The van der Waals surface area contributed by atoms with E-state index in [-0.39, 0.29) is 25.4 Å².